The maximum atomic E-state index is 10.9. The molecule has 5 heteroatoms. The van der Waals surface area contributed by atoms with Crippen LogP contribution in [0.25, 0.3) is 0 Å². The van der Waals surface area contributed by atoms with Crippen molar-refractivity contribution in [2.45, 2.75) is 45.6 Å². The Hall–Kier alpha value is -1.78. The molecule has 1 aliphatic carbocycles. The molecule has 110 valence electrons. The van der Waals surface area contributed by atoms with Crippen LogP contribution in [0.3, 0.4) is 0 Å². The molecule has 1 atom stereocenters. The molecule has 5 nitrogen and oxygen atoms in total. The molecule has 0 bridgehead atoms. The molecule has 0 aromatic heterocycles. The van der Waals surface area contributed by atoms with E-state index < -0.39 is 0 Å². The maximum absolute atomic E-state index is 10.9. The van der Waals surface area contributed by atoms with Gasteiger partial charge in [0.15, 0.2) is 0 Å². The van der Waals surface area contributed by atoms with Crippen molar-refractivity contribution < 1.29 is 9.66 Å². The lowest BCUT2D eigenvalue weighted by atomic mass is 9.73. The first kappa shape index (κ1) is 14.6. The highest BCUT2D eigenvalue weighted by Gasteiger charge is 2.32. The van der Waals surface area contributed by atoms with Crippen LogP contribution in [-0.4, -0.2) is 18.1 Å². The molecule has 1 aliphatic rings. The van der Waals surface area contributed by atoms with Gasteiger partial charge >= 0.3 is 0 Å². The fourth-order valence-electron chi connectivity index (χ4n) is 2.87. The van der Waals surface area contributed by atoms with E-state index in [4.69, 9.17) is 4.74 Å². The highest BCUT2D eigenvalue weighted by molar-refractivity contribution is 5.62. The van der Waals surface area contributed by atoms with Gasteiger partial charge < -0.3 is 10.1 Å². The van der Waals surface area contributed by atoms with E-state index in [9.17, 15) is 10.1 Å². The Morgan fingerprint density at radius 2 is 2.15 bits per heavy atom. The summed E-state index contributed by atoms with van der Waals surface area (Å²) >= 11 is 0. The molecule has 0 heterocycles. The van der Waals surface area contributed by atoms with Crippen molar-refractivity contribution in [3.8, 4) is 5.75 Å². The van der Waals surface area contributed by atoms with E-state index in [0.29, 0.717) is 17.5 Å². The first-order valence-electron chi connectivity index (χ1n) is 7.03. The van der Waals surface area contributed by atoms with Gasteiger partial charge in [0.2, 0.25) is 0 Å². The molecular weight excluding hydrogens is 256 g/mol. The maximum Gasteiger partial charge on any atom is 0.271 e. The second kappa shape index (κ2) is 5.69. The normalized spacial score (nSPS) is 21.2. The number of rotatable bonds is 4. The number of anilines is 1. The fraction of sp³-hybridized carbons (Fsp3) is 0.600. The minimum absolute atomic E-state index is 0.0851. The number of nitro groups is 1. The van der Waals surface area contributed by atoms with Crippen LogP contribution in [0, 0.1) is 15.5 Å². The van der Waals surface area contributed by atoms with Gasteiger partial charge in [0.25, 0.3) is 5.69 Å². The second-order valence-electron chi connectivity index (χ2n) is 6.07. The van der Waals surface area contributed by atoms with Crippen molar-refractivity contribution in [2.75, 3.05) is 12.4 Å². The molecule has 1 fully saturated rings. The van der Waals surface area contributed by atoms with Gasteiger partial charge in [-0.1, -0.05) is 26.7 Å². The molecule has 1 unspecified atom stereocenters. The Bertz CT molecular complexity index is 500. The zero-order valence-corrected chi connectivity index (χ0v) is 12.3. The Morgan fingerprint density at radius 1 is 1.40 bits per heavy atom. The first-order chi connectivity index (χ1) is 9.44. The van der Waals surface area contributed by atoms with Gasteiger partial charge in [0, 0.05) is 18.2 Å². The number of nitrogens with one attached hydrogen (secondary N) is 1. The molecule has 1 aromatic carbocycles. The minimum Gasteiger partial charge on any atom is -0.495 e. The summed E-state index contributed by atoms with van der Waals surface area (Å²) in [5.74, 6) is 0.650. The molecular formula is C15H22N2O3. The molecule has 0 amide bonds. The van der Waals surface area contributed by atoms with Crippen molar-refractivity contribution in [1.29, 1.82) is 0 Å². The summed E-state index contributed by atoms with van der Waals surface area (Å²) in [5.41, 5.74) is 0.983. The minimum atomic E-state index is -0.378. The summed E-state index contributed by atoms with van der Waals surface area (Å²) in [4.78, 5) is 10.5. The predicted octanol–water partition coefficient (Wildman–Crippen LogP) is 3.98. The van der Waals surface area contributed by atoms with Crippen molar-refractivity contribution in [3.05, 3.63) is 28.3 Å². The van der Waals surface area contributed by atoms with Crippen LogP contribution < -0.4 is 10.1 Å². The Balaban J connectivity index is 2.26. The van der Waals surface area contributed by atoms with Crippen LogP contribution in [0.4, 0.5) is 11.4 Å². The lowest BCUT2D eigenvalue weighted by molar-refractivity contribution is -0.384. The second-order valence-corrected chi connectivity index (χ2v) is 6.07. The molecule has 2 rings (SSSR count). The number of benzene rings is 1. The quantitative estimate of drug-likeness (QED) is 0.668. The highest BCUT2D eigenvalue weighted by atomic mass is 16.6. The first-order valence-corrected chi connectivity index (χ1v) is 7.03. The summed E-state index contributed by atoms with van der Waals surface area (Å²) in [6.07, 6.45) is 4.69. The van der Waals surface area contributed by atoms with Crippen molar-refractivity contribution >= 4 is 11.4 Å². The molecule has 0 spiro atoms. The molecule has 0 saturated heterocycles. The number of nitro benzene ring substituents is 1. The lowest BCUT2D eigenvalue weighted by Gasteiger charge is -2.39. The molecule has 0 aliphatic heterocycles. The SMILES string of the molecule is COc1ccc([N+](=O)[O-])cc1NC1CCCCC1(C)C. The number of methoxy groups -OCH3 is 1. The molecule has 1 N–H and O–H groups in total. The Labute approximate surface area is 119 Å². The third-order valence-corrected chi connectivity index (χ3v) is 4.23. The van der Waals surface area contributed by atoms with E-state index >= 15 is 0 Å². The molecule has 0 radical (unpaired) electrons. The number of nitrogens with zero attached hydrogens (tertiary/aromatic N) is 1. The van der Waals surface area contributed by atoms with E-state index in [2.05, 4.69) is 19.2 Å². The Kier molecular flexibility index (Phi) is 4.16. The van der Waals surface area contributed by atoms with E-state index in [-0.39, 0.29) is 16.0 Å². The largest absolute Gasteiger partial charge is 0.495 e. The van der Waals surface area contributed by atoms with Gasteiger partial charge in [-0.15, -0.1) is 0 Å². The number of hydrogen-bond acceptors (Lipinski definition) is 4. The van der Waals surface area contributed by atoms with Crippen molar-refractivity contribution in [2.24, 2.45) is 5.41 Å². The van der Waals surface area contributed by atoms with Gasteiger partial charge in [0.05, 0.1) is 17.7 Å². The third-order valence-electron chi connectivity index (χ3n) is 4.23. The number of non-ortho nitro benzene ring substituents is 1. The smallest absolute Gasteiger partial charge is 0.271 e. The molecule has 20 heavy (non-hydrogen) atoms. The lowest BCUT2D eigenvalue weighted by Crippen LogP contribution is -2.39. The van der Waals surface area contributed by atoms with E-state index in [1.165, 1.54) is 25.3 Å². The van der Waals surface area contributed by atoms with Crippen molar-refractivity contribution in [1.82, 2.24) is 0 Å². The van der Waals surface area contributed by atoms with E-state index in [1.54, 1.807) is 19.2 Å². The van der Waals surface area contributed by atoms with Crippen LogP contribution >= 0.6 is 0 Å². The standard InChI is InChI=1S/C15H22N2O3/c1-15(2)9-5-4-6-14(15)16-12-10-11(17(18)19)7-8-13(12)20-3/h7-8,10,14,16H,4-6,9H2,1-3H3. The van der Waals surface area contributed by atoms with Crippen LogP contribution in [0.5, 0.6) is 5.75 Å². The van der Waals surface area contributed by atoms with Crippen LogP contribution in [0.15, 0.2) is 18.2 Å². The fourth-order valence-corrected chi connectivity index (χ4v) is 2.87. The monoisotopic (exact) mass is 278 g/mol. The van der Waals surface area contributed by atoms with Crippen LogP contribution in [0.1, 0.15) is 39.5 Å². The molecule has 1 aromatic rings. The topological polar surface area (TPSA) is 64.4 Å². The average Bonchev–Trinajstić information content (AvgIpc) is 2.41. The zero-order chi connectivity index (χ0) is 14.8. The highest BCUT2D eigenvalue weighted by Crippen LogP contribution is 2.39. The predicted molar refractivity (Wildman–Crippen MR) is 79.3 cm³/mol. The summed E-state index contributed by atoms with van der Waals surface area (Å²) in [5, 5.41) is 14.4. The average molecular weight is 278 g/mol. The summed E-state index contributed by atoms with van der Waals surface area (Å²) in [6, 6.07) is 4.99. The number of hydrogen-bond donors (Lipinski definition) is 1. The van der Waals surface area contributed by atoms with Gasteiger partial charge in [0.1, 0.15) is 5.75 Å². The van der Waals surface area contributed by atoms with Crippen LogP contribution in [-0.2, 0) is 0 Å². The summed E-state index contributed by atoms with van der Waals surface area (Å²) < 4.78 is 5.30. The van der Waals surface area contributed by atoms with Crippen molar-refractivity contribution in [3.63, 3.8) is 0 Å². The third kappa shape index (κ3) is 3.03. The zero-order valence-electron chi connectivity index (χ0n) is 12.3. The molecule has 1 saturated carbocycles. The Morgan fingerprint density at radius 3 is 2.75 bits per heavy atom. The van der Waals surface area contributed by atoms with Gasteiger partial charge in [-0.25, -0.2) is 0 Å². The number of ether oxygens (including phenoxy) is 1. The van der Waals surface area contributed by atoms with Gasteiger partial charge in [-0.2, -0.15) is 0 Å². The van der Waals surface area contributed by atoms with E-state index in [0.717, 1.165) is 6.42 Å². The van der Waals surface area contributed by atoms with Crippen LogP contribution in [0.2, 0.25) is 0 Å². The van der Waals surface area contributed by atoms with Gasteiger partial charge in [-0.05, 0) is 24.3 Å². The summed E-state index contributed by atoms with van der Waals surface area (Å²) in [6.45, 7) is 4.49. The van der Waals surface area contributed by atoms with E-state index in [1.807, 2.05) is 0 Å². The summed E-state index contributed by atoms with van der Waals surface area (Å²) in [7, 11) is 1.58. The van der Waals surface area contributed by atoms with Gasteiger partial charge in [-0.3, -0.25) is 10.1 Å².